The van der Waals surface area contributed by atoms with E-state index in [1.165, 1.54) is 37.2 Å². The molecular formula is C21H23FN4O4. The summed E-state index contributed by atoms with van der Waals surface area (Å²) in [6.07, 6.45) is 1.56. The molecule has 0 saturated heterocycles. The minimum atomic E-state index is -1.07. The zero-order valence-corrected chi connectivity index (χ0v) is 17.1. The second-order valence-electron chi connectivity index (χ2n) is 7.31. The molecule has 158 valence electrons. The standard InChI is InChI=1S/C21H23FN4O4/c1-10-16(8-14-13-7-12(22)5-6-15(13)24-19(14)28)23-11(2)18(10)20(29)25-17(9-27)21(30)26(3)4/h5-8,17,23,27H,9H2,1-4H3,(H,24,28)(H,25,29)/b14-8-/t17-/m0/s1. The Morgan fingerprint density at radius 3 is 2.63 bits per heavy atom. The zero-order chi connectivity index (χ0) is 22.2. The van der Waals surface area contributed by atoms with Crippen molar-refractivity contribution in [3.05, 3.63) is 52.1 Å². The molecule has 1 aliphatic rings. The number of nitrogens with zero attached hydrogens (tertiary/aromatic N) is 1. The maximum absolute atomic E-state index is 13.7. The monoisotopic (exact) mass is 414 g/mol. The van der Waals surface area contributed by atoms with Gasteiger partial charge < -0.3 is 25.6 Å². The van der Waals surface area contributed by atoms with Gasteiger partial charge in [0.25, 0.3) is 11.8 Å². The lowest BCUT2D eigenvalue weighted by Gasteiger charge is -2.20. The molecule has 8 nitrogen and oxygen atoms in total. The van der Waals surface area contributed by atoms with E-state index in [2.05, 4.69) is 15.6 Å². The molecule has 30 heavy (non-hydrogen) atoms. The van der Waals surface area contributed by atoms with Gasteiger partial charge in [-0.1, -0.05) is 0 Å². The number of halogens is 1. The summed E-state index contributed by atoms with van der Waals surface area (Å²) in [5, 5.41) is 14.7. The molecule has 3 rings (SSSR count). The van der Waals surface area contributed by atoms with Gasteiger partial charge in [0.05, 0.1) is 17.7 Å². The molecule has 1 aromatic carbocycles. The van der Waals surface area contributed by atoms with Crippen LogP contribution in [0.5, 0.6) is 0 Å². The number of carbonyl (C=O) groups excluding carboxylic acids is 3. The second kappa shape index (κ2) is 8.11. The smallest absolute Gasteiger partial charge is 0.256 e. The molecule has 1 aromatic heterocycles. The van der Waals surface area contributed by atoms with E-state index in [4.69, 9.17) is 0 Å². The van der Waals surface area contributed by atoms with Gasteiger partial charge in [0.1, 0.15) is 11.9 Å². The summed E-state index contributed by atoms with van der Waals surface area (Å²) in [5.41, 5.74) is 3.14. The number of aromatic amines is 1. The molecule has 0 radical (unpaired) electrons. The van der Waals surface area contributed by atoms with Crippen LogP contribution in [0.1, 0.15) is 32.9 Å². The highest BCUT2D eigenvalue weighted by atomic mass is 19.1. The SMILES string of the molecule is Cc1[nH]c(/C=C2\C(=O)Nc3ccc(F)cc32)c(C)c1C(=O)N[C@@H](CO)C(=O)N(C)C. The first-order valence-electron chi connectivity index (χ1n) is 9.29. The van der Waals surface area contributed by atoms with Gasteiger partial charge in [-0.3, -0.25) is 14.4 Å². The van der Waals surface area contributed by atoms with Gasteiger partial charge in [0.2, 0.25) is 5.91 Å². The Hall–Kier alpha value is -3.46. The number of fused-ring (bicyclic) bond motifs is 1. The molecule has 0 aliphatic carbocycles. The summed E-state index contributed by atoms with van der Waals surface area (Å²) in [4.78, 5) is 41.5. The topological polar surface area (TPSA) is 115 Å². The fraction of sp³-hybridized carbons (Fsp3) is 0.286. The fourth-order valence-electron chi connectivity index (χ4n) is 3.43. The van der Waals surface area contributed by atoms with Crippen LogP contribution in [-0.2, 0) is 9.59 Å². The number of hydrogen-bond donors (Lipinski definition) is 4. The lowest BCUT2D eigenvalue weighted by Crippen LogP contribution is -2.48. The number of aromatic nitrogens is 1. The van der Waals surface area contributed by atoms with Crippen molar-refractivity contribution in [2.45, 2.75) is 19.9 Å². The van der Waals surface area contributed by atoms with Crippen LogP contribution >= 0.6 is 0 Å². The van der Waals surface area contributed by atoms with Crippen molar-refractivity contribution in [2.24, 2.45) is 0 Å². The summed E-state index contributed by atoms with van der Waals surface area (Å²) < 4.78 is 13.7. The number of aryl methyl sites for hydroxylation is 1. The van der Waals surface area contributed by atoms with Crippen LogP contribution in [0.15, 0.2) is 18.2 Å². The van der Waals surface area contributed by atoms with E-state index >= 15 is 0 Å². The predicted octanol–water partition coefficient (Wildman–Crippen LogP) is 1.44. The highest BCUT2D eigenvalue weighted by Gasteiger charge is 2.27. The van der Waals surface area contributed by atoms with Crippen LogP contribution in [0, 0.1) is 19.7 Å². The maximum atomic E-state index is 13.7. The fourth-order valence-corrected chi connectivity index (χ4v) is 3.43. The molecular weight excluding hydrogens is 391 g/mol. The van der Waals surface area contributed by atoms with Crippen molar-refractivity contribution < 1.29 is 23.9 Å². The Morgan fingerprint density at radius 1 is 1.30 bits per heavy atom. The Kier molecular flexibility index (Phi) is 5.75. The number of carbonyl (C=O) groups is 3. The average Bonchev–Trinajstić information content (AvgIpc) is 3.14. The zero-order valence-electron chi connectivity index (χ0n) is 17.1. The molecule has 1 atom stereocenters. The molecule has 9 heteroatoms. The van der Waals surface area contributed by atoms with Crippen molar-refractivity contribution in [2.75, 3.05) is 26.0 Å². The first-order chi connectivity index (χ1) is 14.1. The Bertz CT molecular complexity index is 1070. The van der Waals surface area contributed by atoms with E-state index in [-0.39, 0.29) is 11.5 Å². The third-order valence-electron chi connectivity index (χ3n) is 4.98. The maximum Gasteiger partial charge on any atom is 0.256 e. The lowest BCUT2D eigenvalue weighted by atomic mass is 10.0. The van der Waals surface area contributed by atoms with Crippen molar-refractivity contribution in [3.8, 4) is 0 Å². The van der Waals surface area contributed by atoms with Crippen LogP contribution < -0.4 is 10.6 Å². The van der Waals surface area contributed by atoms with Gasteiger partial charge in [-0.25, -0.2) is 4.39 Å². The number of benzene rings is 1. The number of aliphatic hydroxyl groups excluding tert-OH is 1. The van der Waals surface area contributed by atoms with Gasteiger partial charge >= 0.3 is 0 Å². The van der Waals surface area contributed by atoms with E-state index in [1.54, 1.807) is 19.9 Å². The summed E-state index contributed by atoms with van der Waals surface area (Å²) >= 11 is 0. The number of hydrogen-bond acceptors (Lipinski definition) is 4. The molecule has 1 aliphatic heterocycles. The van der Waals surface area contributed by atoms with Crippen LogP contribution in [0.2, 0.25) is 0 Å². The molecule has 0 saturated carbocycles. The molecule has 0 unspecified atom stereocenters. The highest BCUT2D eigenvalue weighted by Crippen LogP contribution is 2.34. The normalized spacial score (nSPS) is 15.0. The van der Waals surface area contributed by atoms with Gasteiger partial charge in [0.15, 0.2) is 0 Å². The lowest BCUT2D eigenvalue weighted by molar-refractivity contribution is -0.131. The Morgan fingerprint density at radius 2 is 2.00 bits per heavy atom. The van der Waals surface area contributed by atoms with Crippen molar-refractivity contribution in [1.29, 1.82) is 0 Å². The molecule has 2 aromatic rings. The number of H-pyrrole nitrogens is 1. The number of amides is 3. The van der Waals surface area contributed by atoms with E-state index in [0.717, 1.165) is 0 Å². The average molecular weight is 414 g/mol. The van der Waals surface area contributed by atoms with Gasteiger partial charge in [-0.15, -0.1) is 0 Å². The largest absolute Gasteiger partial charge is 0.394 e. The summed E-state index contributed by atoms with van der Waals surface area (Å²) in [6.45, 7) is 2.85. The molecule has 0 spiro atoms. The predicted molar refractivity (Wildman–Crippen MR) is 110 cm³/mol. The Labute approximate surface area is 172 Å². The highest BCUT2D eigenvalue weighted by molar-refractivity contribution is 6.34. The van der Waals surface area contributed by atoms with E-state index in [1.807, 2.05) is 0 Å². The van der Waals surface area contributed by atoms with Crippen LogP contribution in [0.25, 0.3) is 11.6 Å². The first-order valence-corrected chi connectivity index (χ1v) is 9.29. The van der Waals surface area contributed by atoms with Crippen LogP contribution in [-0.4, -0.2) is 59.5 Å². The van der Waals surface area contributed by atoms with Crippen molar-refractivity contribution >= 4 is 35.1 Å². The summed E-state index contributed by atoms with van der Waals surface area (Å²) in [5.74, 6) is -1.79. The van der Waals surface area contributed by atoms with E-state index in [9.17, 15) is 23.9 Å². The quantitative estimate of drug-likeness (QED) is 0.554. The number of aliphatic hydroxyl groups is 1. The first kappa shape index (κ1) is 21.3. The molecule has 3 amide bonds. The van der Waals surface area contributed by atoms with Crippen molar-refractivity contribution in [1.82, 2.24) is 15.2 Å². The van der Waals surface area contributed by atoms with Crippen LogP contribution in [0.4, 0.5) is 10.1 Å². The van der Waals surface area contributed by atoms with Crippen LogP contribution in [0.3, 0.4) is 0 Å². The molecule has 0 fully saturated rings. The molecule has 4 N–H and O–H groups in total. The summed E-state index contributed by atoms with van der Waals surface area (Å²) in [6, 6.07) is 2.96. The minimum absolute atomic E-state index is 0.275. The summed E-state index contributed by atoms with van der Waals surface area (Å²) in [7, 11) is 3.06. The van der Waals surface area contributed by atoms with Gasteiger partial charge in [0, 0.05) is 36.7 Å². The number of nitrogens with one attached hydrogen (secondary N) is 3. The number of rotatable bonds is 5. The van der Waals surface area contributed by atoms with Gasteiger partial charge in [-0.05, 0) is 43.7 Å². The van der Waals surface area contributed by atoms with E-state index in [0.29, 0.717) is 33.8 Å². The molecule has 0 bridgehead atoms. The number of likely N-dealkylation sites (N-methyl/N-ethyl adjacent to an activating group) is 1. The van der Waals surface area contributed by atoms with E-state index < -0.39 is 30.3 Å². The second-order valence-corrected chi connectivity index (χ2v) is 7.31. The Balaban J connectivity index is 1.94. The van der Waals surface area contributed by atoms with Gasteiger partial charge in [-0.2, -0.15) is 0 Å². The molecule has 2 heterocycles. The third kappa shape index (κ3) is 3.84. The third-order valence-corrected chi connectivity index (χ3v) is 4.98. The van der Waals surface area contributed by atoms with Crippen molar-refractivity contribution in [3.63, 3.8) is 0 Å². The minimum Gasteiger partial charge on any atom is -0.394 e. The number of anilines is 1.